The van der Waals surface area contributed by atoms with Crippen LogP contribution in [0.25, 0.3) is 0 Å². The van der Waals surface area contributed by atoms with Gasteiger partial charge in [-0.25, -0.2) is 0 Å². The van der Waals surface area contributed by atoms with Gasteiger partial charge in [0.15, 0.2) is 0 Å². The summed E-state index contributed by atoms with van der Waals surface area (Å²) in [5.74, 6) is 1.66. The van der Waals surface area contributed by atoms with Crippen molar-refractivity contribution in [3.8, 4) is 0 Å². The predicted molar refractivity (Wildman–Crippen MR) is 109 cm³/mol. The van der Waals surface area contributed by atoms with Gasteiger partial charge in [-0.05, 0) is 52.9 Å². The van der Waals surface area contributed by atoms with Crippen LogP contribution in [0.2, 0.25) is 0 Å². The topological polar surface area (TPSA) is 9.72 Å². The first-order valence-corrected chi connectivity index (χ1v) is 10.5. The highest BCUT2D eigenvalue weighted by Gasteiger charge is 2.26. The van der Waals surface area contributed by atoms with Crippen molar-refractivity contribution in [3.63, 3.8) is 0 Å². The molecule has 0 aromatic heterocycles. The molecule has 2 unspecified atom stereocenters. The Morgan fingerprint density at radius 1 is 0.640 bits per heavy atom. The minimum atomic E-state index is 0. The second-order valence-electron chi connectivity index (χ2n) is 8.06. The molecule has 0 spiro atoms. The highest BCUT2D eigenvalue weighted by atomic mass is 35.5. The van der Waals surface area contributed by atoms with E-state index in [-0.39, 0.29) is 12.4 Å². The van der Waals surface area contributed by atoms with E-state index in [1.165, 1.54) is 64.5 Å². The third-order valence-electron chi connectivity index (χ3n) is 5.32. The molecule has 0 aliphatic carbocycles. The van der Waals surface area contributed by atoms with Crippen molar-refractivity contribution < 1.29 is 12.4 Å². The molecule has 0 saturated carbocycles. The van der Waals surface area contributed by atoms with Crippen molar-refractivity contribution in [2.75, 3.05) is 41.3 Å². The molecule has 2 atom stereocenters. The van der Waals surface area contributed by atoms with Crippen molar-refractivity contribution >= 4 is 0 Å². The van der Waals surface area contributed by atoms with E-state index in [2.05, 4.69) is 70.6 Å². The molecular formula is C21H47ClN3-. The van der Waals surface area contributed by atoms with Crippen LogP contribution in [0.4, 0.5) is 0 Å². The summed E-state index contributed by atoms with van der Waals surface area (Å²) in [7, 11) is 8.88. The van der Waals surface area contributed by atoms with Gasteiger partial charge in [-0.2, -0.15) is 0 Å². The van der Waals surface area contributed by atoms with Crippen LogP contribution in [0, 0.1) is 11.8 Å². The van der Waals surface area contributed by atoms with Gasteiger partial charge in [-0.1, -0.05) is 66.2 Å². The fourth-order valence-corrected chi connectivity index (χ4v) is 3.88. The van der Waals surface area contributed by atoms with Crippen molar-refractivity contribution in [1.29, 1.82) is 0 Å². The predicted octanol–water partition coefficient (Wildman–Crippen LogP) is 2.13. The van der Waals surface area contributed by atoms with Gasteiger partial charge in [-0.3, -0.25) is 14.7 Å². The first kappa shape index (κ1) is 27.4. The second kappa shape index (κ2) is 16.4. The van der Waals surface area contributed by atoms with Crippen molar-refractivity contribution in [2.45, 2.75) is 85.4 Å². The summed E-state index contributed by atoms with van der Waals surface area (Å²) in [5.41, 5.74) is 0. The van der Waals surface area contributed by atoms with Crippen LogP contribution in [0.5, 0.6) is 0 Å². The Bertz CT molecular complexity index is 258. The summed E-state index contributed by atoms with van der Waals surface area (Å²) < 4.78 is 0. The lowest BCUT2D eigenvalue weighted by atomic mass is 9.95. The normalized spacial score (nSPS) is 14.4. The minimum Gasteiger partial charge on any atom is -1.00 e. The molecule has 0 aromatic rings. The first-order valence-electron chi connectivity index (χ1n) is 10.5. The second-order valence-corrected chi connectivity index (χ2v) is 8.06. The number of rotatable bonds is 15. The Labute approximate surface area is 165 Å². The van der Waals surface area contributed by atoms with Crippen LogP contribution in [-0.2, 0) is 0 Å². The van der Waals surface area contributed by atoms with Crippen LogP contribution in [0.15, 0.2) is 0 Å². The zero-order valence-corrected chi connectivity index (χ0v) is 19.3. The number of nitrogens with zero attached hydrogens (tertiary/aromatic N) is 3. The molecule has 0 aliphatic heterocycles. The average molecular weight is 377 g/mol. The van der Waals surface area contributed by atoms with Crippen molar-refractivity contribution in [3.05, 3.63) is 0 Å². The summed E-state index contributed by atoms with van der Waals surface area (Å²) in [6, 6.07) is 0. The van der Waals surface area contributed by atoms with Crippen LogP contribution < -0.4 is 12.4 Å². The van der Waals surface area contributed by atoms with E-state index in [4.69, 9.17) is 0 Å². The smallest absolute Gasteiger partial charge is 0.118 e. The zero-order chi connectivity index (χ0) is 18.5. The van der Waals surface area contributed by atoms with E-state index in [1.54, 1.807) is 0 Å². The highest BCUT2D eigenvalue weighted by molar-refractivity contribution is 4.75. The number of halogens is 1. The van der Waals surface area contributed by atoms with Gasteiger partial charge in [0.2, 0.25) is 0 Å². The van der Waals surface area contributed by atoms with Crippen molar-refractivity contribution in [2.24, 2.45) is 11.8 Å². The molecule has 25 heavy (non-hydrogen) atoms. The highest BCUT2D eigenvalue weighted by Crippen LogP contribution is 2.21. The molecule has 0 amide bonds. The molecule has 0 saturated heterocycles. The summed E-state index contributed by atoms with van der Waals surface area (Å²) in [5, 5.41) is 0. The van der Waals surface area contributed by atoms with Gasteiger partial charge >= 0.3 is 0 Å². The maximum Gasteiger partial charge on any atom is 0.118 e. The zero-order valence-electron chi connectivity index (χ0n) is 18.5. The quantitative estimate of drug-likeness (QED) is 0.405. The Morgan fingerprint density at radius 3 is 1.24 bits per heavy atom. The van der Waals surface area contributed by atoms with Gasteiger partial charge in [0.05, 0.1) is 0 Å². The molecule has 4 heteroatoms. The van der Waals surface area contributed by atoms with Gasteiger partial charge in [0, 0.05) is 13.1 Å². The molecular weight excluding hydrogens is 330 g/mol. The molecule has 0 bridgehead atoms. The summed E-state index contributed by atoms with van der Waals surface area (Å²) in [4.78, 5) is 7.51. The summed E-state index contributed by atoms with van der Waals surface area (Å²) >= 11 is 0. The summed E-state index contributed by atoms with van der Waals surface area (Å²) in [6.45, 7) is 11.8. The van der Waals surface area contributed by atoms with E-state index >= 15 is 0 Å². The molecule has 154 valence electrons. The van der Waals surface area contributed by atoms with Crippen molar-refractivity contribution in [1.82, 2.24) is 14.7 Å². The third-order valence-corrected chi connectivity index (χ3v) is 5.32. The largest absolute Gasteiger partial charge is 1.00 e. The maximum absolute atomic E-state index is 2.76. The van der Waals surface area contributed by atoms with Crippen LogP contribution in [0.1, 0.15) is 79.1 Å². The van der Waals surface area contributed by atoms with E-state index < -0.39 is 0 Å². The molecule has 0 fully saturated rings. The average Bonchev–Trinajstić information content (AvgIpc) is 2.53. The lowest BCUT2D eigenvalue weighted by Crippen LogP contribution is -3.00. The maximum atomic E-state index is 2.76. The molecule has 0 aliphatic rings. The Kier molecular flexibility index (Phi) is 17.9. The Balaban J connectivity index is 0. The van der Waals surface area contributed by atoms with Crippen LogP contribution >= 0.6 is 0 Å². The van der Waals surface area contributed by atoms with E-state index in [1.807, 2.05) is 0 Å². The summed E-state index contributed by atoms with van der Waals surface area (Å²) in [6.07, 6.45) is 11.1. The third kappa shape index (κ3) is 11.5. The molecule has 3 nitrogen and oxygen atoms in total. The number of unbranched alkanes of at least 4 members (excludes halogenated alkanes) is 2. The fraction of sp³-hybridized carbons (Fsp3) is 1.00. The van der Waals surface area contributed by atoms with Gasteiger partial charge < -0.3 is 12.4 Å². The molecule has 0 N–H and O–H groups in total. The van der Waals surface area contributed by atoms with Crippen LogP contribution in [-0.4, -0.2) is 62.3 Å². The standard InChI is InChI=1S/C21H47N3.ClH/c1-9-13-15-19(11-3)17-24(21(22(5)6)23(7)8)18-20(12-4)16-14-10-2;/h19-21H,9-18H2,1-8H3;1H/p-1. The van der Waals surface area contributed by atoms with E-state index in [0.717, 1.165) is 11.8 Å². The van der Waals surface area contributed by atoms with Gasteiger partial charge in [-0.15, -0.1) is 0 Å². The minimum absolute atomic E-state index is 0. The van der Waals surface area contributed by atoms with E-state index in [0.29, 0.717) is 6.29 Å². The lowest BCUT2D eigenvalue weighted by molar-refractivity contribution is -0.0407. The van der Waals surface area contributed by atoms with Crippen LogP contribution in [0.3, 0.4) is 0 Å². The first-order chi connectivity index (χ1) is 11.4. The fourth-order valence-electron chi connectivity index (χ4n) is 3.88. The molecule has 0 aromatic carbocycles. The monoisotopic (exact) mass is 376 g/mol. The molecule has 0 heterocycles. The van der Waals surface area contributed by atoms with Gasteiger partial charge in [0.25, 0.3) is 0 Å². The number of hydrogen-bond donors (Lipinski definition) is 0. The Morgan fingerprint density at radius 2 is 1.00 bits per heavy atom. The van der Waals surface area contributed by atoms with E-state index in [9.17, 15) is 0 Å². The van der Waals surface area contributed by atoms with Gasteiger partial charge in [0.1, 0.15) is 6.29 Å². The molecule has 0 radical (unpaired) electrons. The lowest BCUT2D eigenvalue weighted by Gasteiger charge is -2.43. The molecule has 0 rings (SSSR count). The SMILES string of the molecule is CCCCC(CC)CN(CC(CC)CCCC)C(N(C)C)N(C)C.[Cl-]. The Hall–Kier alpha value is 0.170. The number of hydrogen-bond acceptors (Lipinski definition) is 3.